The van der Waals surface area contributed by atoms with E-state index in [4.69, 9.17) is 23.1 Å². The zero-order chi connectivity index (χ0) is 25.6. The largest absolute Gasteiger partial charge is 0.508 e. The maximum atomic E-state index is 16.2. The molecule has 1 unspecified atom stereocenters. The molecular weight excluding hydrogens is 485 g/mol. The van der Waals surface area contributed by atoms with Gasteiger partial charge in [0.15, 0.2) is 11.6 Å². The number of benzene rings is 2. The fourth-order valence-corrected chi connectivity index (χ4v) is 4.98. The molecule has 2 aromatic heterocycles. The van der Waals surface area contributed by atoms with Gasteiger partial charge in [0, 0.05) is 42.6 Å². The Balaban J connectivity index is 1.63. The van der Waals surface area contributed by atoms with E-state index >= 15 is 4.39 Å². The Morgan fingerprint density at radius 1 is 1.22 bits per heavy atom. The van der Waals surface area contributed by atoms with E-state index in [1.165, 1.54) is 22.9 Å². The molecular formula is C25H25ClFN7O2. The lowest BCUT2D eigenvalue weighted by Crippen LogP contribution is -2.49. The SMILES string of the molecule is CCN1CCN(c2cccc(N)c2)CC1c1nc(Cl)nc(-n2cc(C(N)=O)c3cc(O)ccc32)c1F. The lowest BCUT2D eigenvalue weighted by Gasteiger charge is -2.42. The highest BCUT2D eigenvalue weighted by Gasteiger charge is 2.33. The third-order valence-corrected chi connectivity index (χ3v) is 6.73. The van der Waals surface area contributed by atoms with Gasteiger partial charge in [-0.3, -0.25) is 14.3 Å². The van der Waals surface area contributed by atoms with Gasteiger partial charge in [0.05, 0.1) is 17.1 Å². The number of phenols is 1. The van der Waals surface area contributed by atoms with Gasteiger partial charge in [0.2, 0.25) is 5.28 Å². The molecule has 9 nitrogen and oxygen atoms in total. The summed E-state index contributed by atoms with van der Waals surface area (Å²) >= 11 is 6.32. The zero-order valence-corrected chi connectivity index (χ0v) is 20.3. The number of carbonyl (C=O) groups excluding carboxylic acids is 1. The van der Waals surface area contributed by atoms with E-state index in [-0.39, 0.29) is 28.1 Å². The van der Waals surface area contributed by atoms with Crippen molar-refractivity contribution >= 4 is 39.8 Å². The molecule has 1 atom stereocenters. The molecule has 1 fully saturated rings. The minimum absolute atomic E-state index is 0.0490. The molecule has 5 N–H and O–H groups in total. The third kappa shape index (κ3) is 4.18. The fourth-order valence-electron chi connectivity index (χ4n) is 4.81. The maximum absolute atomic E-state index is 16.2. The van der Waals surface area contributed by atoms with Crippen LogP contribution in [-0.4, -0.2) is 56.6 Å². The average Bonchev–Trinajstić information content (AvgIpc) is 3.23. The molecule has 36 heavy (non-hydrogen) atoms. The Labute approximate surface area is 211 Å². The van der Waals surface area contributed by atoms with Crippen molar-refractivity contribution in [1.82, 2.24) is 19.4 Å². The van der Waals surface area contributed by atoms with Gasteiger partial charge in [-0.2, -0.15) is 4.98 Å². The van der Waals surface area contributed by atoms with Crippen LogP contribution >= 0.6 is 11.6 Å². The number of hydrogen-bond donors (Lipinski definition) is 3. The summed E-state index contributed by atoms with van der Waals surface area (Å²) in [6, 6.07) is 11.6. The summed E-state index contributed by atoms with van der Waals surface area (Å²) in [5, 5.41) is 10.2. The maximum Gasteiger partial charge on any atom is 0.250 e. The summed E-state index contributed by atoms with van der Waals surface area (Å²) in [5.74, 6) is -1.52. The van der Waals surface area contributed by atoms with Crippen LogP contribution in [0.25, 0.3) is 16.7 Å². The first kappa shape index (κ1) is 23.8. The second kappa shape index (κ2) is 9.29. The molecule has 2 aromatic carbocycles. The molecule has 1 aliphatic rings. The minimum Gasteiger partial charge on any atom is -0.508 e. The summed E-state index contributed by atoms with van der Waals surface area (Å²) in [4.78, 5) is 24.8. The van der Waals surface area contributed by atoms with Crippen LogP contribution in [0, 0.1) is 5.82 Å². The van der Waals surface area contributed by atoms with Crippen molar-refractivity contribution in [3.8, 4) is 11.6 Å². The van der Waals surface area contributed by atoms with Crippen LogP contribution in [0.15, 0.2) is 48.7 Å². The van der Waals surface area contributed by atoms with Crippen LogP contribution in [0.4, 0.5) is 15.8 Å². The molecule has 0 saturated carbocycles. The number of fused-ring (bicyclic) bond motifs is 1. The lowest BCUT2D eigenvalue weighted by atomic mass is 10.1. The number of piperazine rings is 1. The number of amides is 1. The number of anilines is 2. The van der Waals surface area contributed by atoms with Gasteiger partial charge >= 0.3 is 0 Å². The van der Waals surface area contributed by atoms with Gasteiger partial charge in [-0.05, 0) is 54.5 Å². The number of carbonyl (C=O) groups is 1. The third-order valence-electron chi connectivity index (χ3n) is 6.56. The first-order valence-corrected chi connectivity index (χ1v) is 11.9. The quantitative estimate of drug-likeness (QED) is 0.277. The van der Waals surface area contributed by atoms with Crippen molar-refractivity contribution in [3.63, 3.8) is 0 Å². The second-order valence-corrected chi connectivity index (χ2v) is 9.02. The van der Waals surface area contributed by atoms with Crippen molar-refractivity contribution in [1.29, 1.82) is 0 Å². The van der Waals surface area contributed by atoms with Gasteiger partial charge in [0.25, 0.3) is 5.91 Å². The number of nitrogen functional groups attached to an aromatic ring is 1. The number of primary amides is 1. The monoisotopic (exact) mass is 509 g/mol. The van der Waals surface area contributed by atoms with Crippen molar-refractivity contribution < 1.29 is 14.3 Å². The highest BCUT2D eigenvalue weighted by Crippen LogP contribution is 2.34. The van der Waals surface area contributed by atoms with Crippen molar-refractivity contribution in [2.24, 2.45) is 5.73 Å². The normalized spacial score (nSPS) is 16.5. The standard InChI is InChI=1S/C25H25ClFN7O2/c1-2-32-8-9-33(15-5-3-4-14(28)10-15)13-20(32)22-21(27)24(31-25(26)30-22)34-12-18(23(29)36)17-11-16(35)6-7-19(17)34/h3-7,10-12,20,35H,2,8-9,13,28H2,1H3,(H2,29,36). The molecule has 5 rings (SSSR count). The number of halogens is 2. The van der Waals surface area contributed by atoms with Gasteiger partial charge < -0.3 is 21.5 Å². The van der Waals surface area contributed by atoms with E-state index in [0.29, 0.717) is 36.2 Å². The van der Waals surface area contributed by atoms with Crippen LogP contribution in [0.1, 0.15) is 29.0 Å². The van der Waals surface area contributed by atoms with Crippen molar-refractivity contribution in [2.45, 2.75) is 13.0 Å². The molecule has 186 valence electrons. The molecule has 4 aromatic rings. The van der Waals surface area contributed by atoms with Crippen molar-refractivity contribution in [3.05, 3.63) is 71.0 Å². The minimum atomic E-state index is -0.715. The summed E-state index contributed by atoms with van der Waals surface area (Å²) in [5.41, 5.74) is 13.8. The van der Waals surface area contributed by atoms with Gasteiger partial charge in [0.1, 0.15) is 11.4 Å². The number of aromatic hydroxyl groups is 1. The first-order valence-electron chi connectivity index (χ1n) is 11.5. The number of rotatable bonds is 5. The van der Waals surface area contributed by atoms with Crippen LogP contribution in [0.2, 0.25) is 5.28 Å². The van der Waals surface area contributed by atoms with E-state index in [1.807, 2.05) is 31.2 Å². The van der Waals surface area contributed by atoms with Crippen LogP contribution < -0.4 is 16.4 Å². The predicted molar refractivity (Wildman–Crippen MR) is 137 cm³/mol. The predicted octanol–water partition coefficient (Wildman–Crippen LogP) is 3.48. The number of nitrogens with zero attached hydrogens (tertiary/aromatic N) is 5. The van der Waals surface area contributed by atoms with Gasteiger partial charge in [-0.25, -0.2) is 9.37 Å². The van der Waals surface area contributed by atoms with E-state index < -0.39 is 17.8 Å². The van der Waals surface area contributed by atoms with Crippen LogP contribution in [0.3, 0.4) is 0 Å². The molecule has 1 amide bonds. The topological polar surface area (TPSA) is 127 Å². The second-order valence-electron chi connectivity index (χ2n) is 8.68. The number of likely N-dealkylation sites (N-methyl/N-ethyl adjacent to an activating group) is 1. The highest BCUT2D eigenvalue weighted by atomic mass is 35.5. The number of aromatic nitrogens is 3. The molecule has 1 aliphatic heterocycles. The molecule has 0 radical (unpaired) electrons. The first-order chi connectivity index (χ1) is 17.3. The van der Waals surface area contributed by atoms with Crippen LogP contribution in [0.5, 0.6) is 5.75 Å². The summed E-state index contributed by atoms with van der Waals surface area (Å²) in [7, 11) is 0. The molecule has 0 aliphatic carbocycles. The van der Waals surface area contributed by atoms with E-state index in [0.717, 1.165) is 12.2 Å². The number of hydrogen-bond acceptors (Lipinski definition) is 7. The zero-order valence-electron chi connectivity index (χ0n) is 19.5. The van der Waals surface area contributed by atoms with E-state index in [2.05, 4.69) is 19.8 Å². The highest BCUT2D eigenvalue weighted by molar-refractivity contribution is 6.28. The van der Waals surface area contributed by atoms with E-state index in [9.17, 15) is 9.90 Å². The Bertz CT molecular complexity index is 1470. The average molecular weight is 510 g/mol. The summed E-state index contributed by atoms with van der Waals surface area (Å²) in [6.07, 6.45) is 1.40. The van der Waals surface area contributed by atoms with Crippen molar-refractivity contribution in [2.75, 3.05) is 36.8 Å². The lowest BCUT2D eigenvalue weighted by molar-refractivity contribution is 0.100. The van der Waals surface area contributed by atoms with Gasteiger partial charge in [-0.15, -0.1) is 0 Å². The number of phenolic OH excluding ortho intramolecular Hbond substituents is 1. The summed E-state index contributed by atoms with van der Waals surface area (Å²) < 4.78 is 17.6. The smallest absolute Gasteiger partial charge is 0.250 e. The van der Waals surface area contributed by atoms with Gasteiger partial charge in [-0.1, -0.05) is 13.0 Å². The molecule has 1 saturated heterocycles. The molecule has 11 heteroatoms. The fraction of sp³-hybridized carbons (Fsp3) is 0.240. The van der Waals surface area contributed by atoms with Crippen LogP contribution in [-0.2, 0) is 0 Å². The molecule has 0 spiro atoms. The molecule has 0 bridgehead atoms. The molecule has 3 heterocycles. The Morgan fingerprint density at radius 2 is 2.03 bits per heavy atom. The Morgan fingerprint density at radius 3 is 2.75 bits per heavy atom. The Kier molecular flexibility index (Phi) is 6.15. The summed E-state index contributed by atoms with van der Waals surface area (Å²) in [6.45, 7) is 4.59. The Hall–Kier alpha value is -3.89. The van der Waals surface area contributed by atoms with E-state index in [1.54, 1.807) is 6.07 Å². The number of nitrogens with two attached hydrogens (primary N) is 2.